The molecule has 1 amide bonds. The smallest absolute Gasteiger partial charge is 0.237 e. The fourth-order valence-corrected chi connectivity index (χ4v) is 4.57. The van der Waals surface area contributed by atoms with Crippen molar-refractivity contribution in [1.82, 2.24) is 14.5 Å². The third-order valence-electron chi connectivity index (χ3n) is 4.47. The number of nitrogens with one attached hydrogen (secondary N) is 1. The second kappa shape index (κ2) is 9.05. The van der Waals surface area contributed by atoms with Crippen LogP contribution in [-0.4, -0.2) is 69.1 Å². The van der Waals surface area contributed by atoms with Gasteiger partial charge < -0.3 is 10.2 Å². The van der Waals surface area contributed by atoms with Gasteiger partial charge in [-0.3, -0.25) is 4.79 Å². The molecule has 1 saturated carbocycles. The second-order valence-corrected chi connectivity index (χ2v) is 8.29. The molecule has 2 fully saturated rings. The molecule has 1 heterocycles. The average molecular weight is 354 g/mol. The molecule has 0 radical (unpaired) electrons. The van der Waals surface area contributed by atoms with Crippen LogP contribution in [-0.2, 0) is 14.8 Å². The van der Waals surface area contributed by atoms with Crippen molar-refractivity contribution < 1.29 is 13.2 Å². The molecule has 1 aliphatic heterocycles. The highest BCUT2D eigenvalue weighted by Crippen LogP contribution is 2.25. The molecule has 0 atom stereocenters. The Labute approximate surface area is 140 Å². The number of sulfonamides is 1. The van der Waals surface area contributed by atoms with E-state index in [-0.39, 0.29) is 36.5 Å². The molecule has 1 aliphatic carbocycles. The minimum absolute atomic E-state index is 0. The van der Waals surface area contributed by atoms with Gasteiger partial charge in [-0.05, 0) is 18.8 Å². The van der Waals surface area contributed by atoms with Gasteiger partial charge in [-0.1, -0.05) is 19.3 Å². The molecule has 2 rings (SSSR count). The van der Waals surface area contributed by atoms with Crippen LogP contribution in [0.2, 0.25) is 0 Å². The largest absolute Gasteiger partial charge is 0.339 e. The first-order valence-corrected chi connectivity index (χ1v) is 9.52. The van der Waals surface area contributed by atoms with E-state index in [1.54, 1.807) is 4.90 Å². The first kappa shape index (κ1) is 19.7. The molecular formula is C14H28ClN3O3S. The normalized spacial score (nSPS) is 20.7. The predicted molar refractivity (Wildman–Crippen MR) is 89.7 cm³/mol. The molecule has 2 aliphatic rings. The van der Waals surface area contributed by atoms with Gasteiger partial charge in [0.25, 0.3) is 0 Å². The zero-order chi connectivity index (χ0) is 15.3. The molecule has 8 heteroatoms. The van der Waals surface area contributed by atoms with Gasteiger partial charge in [0.1, 0.15) is 0 Å². The number of carbonyl (C=O) groups is 1. The summed E-state index contributed by atoms with van der Waals surface area (Å²) >= 11 is 0. The Hall–Kier alpha value is -0.370. The van der Waals surface area contributed by atoms with Gasteiger partial charge >= 0.3 is 0 Å². The van der Waals surface area contributed by atoms with Crippen molar-refractivity contribution in [3.8, 4) is 0 Å². The van der Waals surface area contributed by atoms with Gasteiger partial charge in [0.05, 0.1) is 12.3 Å². The highest BCUT2D eigenvalue weighted by atomic mass is 35.5. The fourth-order valence-electron chi connectivity index (χ4n) is 3.08. The Kier molecular flexibility index (Phi) is 8.10. The highest BCUT2D eigenvalue weighted by Gasteiger charge is 2.27. The summed E-state index contributed by atoms with van der Waals surface area (Å²) in [6.07, 6.45) is 5.47. The lowest BCUT2D eigenvalue weighted by atomic mass is 9.91. The molecule has 130 valence electrons. The summed E-state index contributed by atoms with van der Waals surface area (Å²) in [5, 5.41) is 3.18. The van der Waals surface area contributed by atoms with Gasteiger partial charge in [-0.15, -0.1) is 12.4 Å². The van der Waals surface area contributed by atoms with E-state index in [0.29, 0.717) is 13.1 Å². The number of hydrogen-bond acceptors (Lipinski definition) is 4. The molecule has 0 unspecified atom stereocenters. The summed E-state index contributed by atoms with van der Waals surface area (Å²) in [4.78, 5) is 13.9. The van der Waals surface area contributed by atoms with E-state index in [2.05, 4.69) is 5.32 Å². The molecule has 0 bridgehead atoms. The number of hydrogen-bond donors (Lipinski definition) is 1. The molecule has 1 saturated heterocycles. The van der Waals surface area contributed by atoms with Crippen molar-refractivity contribution in [3.63, 3.8) is 0 Å². The Bertz CT molecular complexity index is 446. The molecule has 0 aromatic heterocycles. The maximum absolute atomic E-state index is 12.4. The molecule has 0 aromatic rings. The van der Waals surface area contributed by atoms with Crippen molar-refractivity contribution in [2.75, 3.05) is 45.5 Å². The van der Waals surface area contributed by atoms with E-state index in [1.807, 2.05) is 0 Å². The lowest BCUT2D eigenvalue weighted by Crippen LogP contribution is -2.50. The van der Waals surface area contributed by atoms with Gasteiger partial charge in [0.15, 0.2) is 0 Å². The Balaban J connectivity index is 0.00000242. The van der Waals surface area contributed by atoms with Crippen LogP contribution in [0.15, 0.2) is 0 Å². The first-order chi connectivity index (χ1) is 9.99. The fraction of sp³-hybridized carbons (Fsp3) is 0.929. The van der Waals surface area contributed by atoms with Crippen LogP contribution in [0.1, 0.15) is 32.1 Å². The number of amides is 1. The predicted octanol–water partition coefficient (Wildman–Crippen LogP) is 0.682. The maximum Gasteiger partial charge on any atom is 0.237 e. The third-order valence-corrected chi connectivity index (χ3v) is 6.45. The monoisotopic (exact) mass is 353 g/mol. The van der Waals surface area contributed by atoms with E-state index in [1.165, 1.54) is 17.8 Å². The van der Waals surface area contributed by atoms with Gasteiger partial charge in [0, 0.05) is 33.2 Å². The molecule has 22 heavy (non-hydrogen) atoms. The number of rotatable bonds is 5. The Morgan fingerprint density at radius 3 is 2.36 bits per heavy atom. The lowest BCUT2D eigenvalue weighted by Gasteiger charge is -2.29. The van der Waals surface area contributed by atoms with Gasteiger partial charge in [-0.2, -0.15) is 4.31 Å². The molecule has 0 aromatic carbocycles. The summed E-state index contributed by atoms with van der Waals surface area (Å²) in [7, 11) is -1.80. The van der Waals surface area contributed by atoms with Crippen LogP contribution in [0.25, 0.3) is 0 Å². The number of halogens is 1. The third kappa shape index (κ3) is 5.68. The summed E-state index contributed by atoms with van der Waals surface area (Å²) < 4.78 is 26.0. The summed E-state index contributed by atoms with van der Waals surface area (Å²) in [6.45, 7) is 2.86. The minimum atomic E-state index is -3.32. The van der Waals surface area contributed by atoms with Crippen LogP contribution in [0.3, 0.4) is 0 Å². The van der Waals surface area contributed by atoms with E-state index in [4.69, 9.17) is 0 Å². The van der Waals surface area contributed by atoms with Crippen molar-refractivity contribution in [3.05, 3.63) is 0 Å². The molecule has 0 spiro atoms. The van der Waals surface area contributed by atoms with Crippen LogP contribution >= 0.6 is 12.4 Å². The van der Waals surface area contributed by atoms with Gasteiger partial charge in [-0.25, -0.2) is 8.42 Å². The zero-order valence-corrected chi connectivity index (χ0v) is 14.9. The van der Waals surface area contributed by atoms with E-state index < -0.39 is 10.0 Å². The van der Waals surface area contributed by atoms with Crippen molar-refractivity contribution in [1.29, 1.82) is 0 Å². The molecular weight excluding hydrogens is 326 g/mol. The highest BCUT2D eigenvalue weighted by molar-refractivity contribution is 7.89. The van der Waals surface area contributed by atoms with Crippen LogP contribution in [0.5, 0.6) is 0 Å². The topological polar surface area (TPSA) is 69.7 Å². The number of nitrogens with zero attached hydrogens (tertiary/aromatic N) is 2. The maximum atomic E-state index is 12.4. The summed E-state index contributed by atoms with van der Waals surface area (Å²) in [5.74, 6) is 0.366. The number of piperazine rings is 1. The van der Waals surface area contributed by atoms with Gasteiger partial charge in [0.2, 0.25) is 15.9 Å². The second-order valence-electron chi connectivity index (χ2n) is 6.17. The molecule has 1 N–H and O–H groups in total. The minimum Gasteiger partial charge on any atom is -0.339 e. The van der Waals surface area contributed by atoms with Crippen molar-refractivity contribution in [2.45, 2.75) is 32.1 Å². The van der Waals surface area contributed by atoms with Crippen LogP contribution in [0.4, 0.5) is 0 Å². The van der Waals surface area contributed by atoms with E-state index in [0.717, 1.165) is 38.8 Å². The number of likely N-dealkylation sites (N-methyl/N-ethyl adjacent to an activating group) is 1. The first-order valence-electron chi connectivity index (χ1n) is 7.91. The molecule has 6 nitrogen and oxygen atoms in total. The van der Waals surface area contributed by atoms with E-state index >= 15 is 0 Å². The SMILES string of the molecule is CN(CC(=O)N1CCNCC1)S(=O)(=O)CC1CCCCC1.Cl. The standard InChI is InChI=1S/C14H27N3O3S.ClH/c1-16(11-14(18)17-9-7-15-8-10-17)21(19,20)12-13-5-3-2-4-6-13;/h13,15H,2-12H2,1H3;1H. The Morgan fingerprint density at radius 1 is 1.18 bits per heavy atom. The summed E-state index contributed by atoms with van der Waals surface area (Å²) in [6, 6.07) is 0. The van der Waals surface area contributed by atoms with Crippen LogP contribution in [0, 0.1) is 5.92 Å². The van der Waals surface area contributed by atoms with Crippen molar-refractivity contribution >= 4 is 28.3 Å². The van der Waals surface area contributed by atoms with Crippen LogP contribution < -0.4 is 5.32 Å². The quantitative estimate of drug-likeness (QED) is 0.789. The van der Waals surface area contributed by atoms with E-state index in [9.17, 15) is 13.2 Å². The zero-order valence-electron chi connectivity index (χ0n) is 13.3. The lowest BCUT2D eigenvalue weighted by molar-refractivity contribution is -0.131. The van der Waals surface area contributed by atoms with Crippen molar-refractivity contribution in [2.24, 2.45) is 5.92 Å². The Morgan fingerprint density at radius 2 is 1.77 bits per heavy atom. The average Bonchev–Trinajstić information content (AvgIpc) is 2.48. The summed E-state index contributed by atoms with van der Waals surface area (Å²) in [5.41, 5.74) is 0. The number of carbonyl (C=O) groups excluding carboxylic acids is 1.